The smallest absolute Gasteiger partial charge is 0.0812 e. The highest BCUT2D eigenvalue weighted by Gasteiger charge is 2.37. The summed E-state index contributed by atoms with van der Waals surface area (Å²) in [7, 11) is 0. The molecule has 2 atom stereocenters. The van der Waals surface area contributed by atoms with Crippen molar-refractivity contribution in [1.29, 1.82) is 0 Å². The summed E-state index contributed by atoms with van der Waals surface area (Å²) in [5, 5.41) is 3.66. The lowest BCUT2D eigenvalue weighted by Crippen LogP contribution is -2.49. The van der Waals surface area contributed by atoms with Crippen LogP contribution in [0, 0.1) is 5.92 Å². The van der Waals surface area contributed by atoms with Crippen LogP contribution in [0.2, 0.25) is 0 Å². The predicted molar refractivity (Wildman–Crippen MR) is 86.1 cm³/mol. The first-order chi connectivity index (χ1) is 9.60. The van der Waals surface area contributed by atoms with Gasteiger partial charge in [-0.25, -0.2) is 0 Å². The van der Waals surface area contributed by atoms with Crippen LogP contribution in [0.25, 0.3) is 0 Å². The molecule has 0 aromatic rings. The molecule has 1 N–H and O–H groups in total. The van der Waals surface area contributed by atoms with Gasteiger partial charge in [0.05, 0.1) is 11.7 Å². The Kier molecular flexibility index (Phi) is 6.35. The molecule has 0 amide bonds. The Balaban J connectivity index is 1.96. The van der Waals surface area contributed by atoms with Gasteiger partial charge in [0.25, 0.3) is 0 Å². The largest absolute Gasteiger partial charge is 0.370 e. The van der Waals surface area contributed by atoms with Crippen LogP contribution in [-0.2, 0) is 4.74 Å². The lowest BCUT2D eigenvalue weighted by Gasteiger charge is -2.43. The summed E-state index contributed by atoms with van der Waals surface area (Å²) >= 11 is 0. The Labute approximate surface area is 126 Å². The third-order valence-electron chi connectivity index (χ3n) is 5.10. The van der Waals surface area contributed by atoms with Crippen LogP contribution >= 0.6 is 0 Å². The molecular formula is C18H35NO. The van der Waals surface area contributed by atoms with Crippen molar-refractivity contribution in [2.75, 3.05) is 6.54 Å². The highest BCUT2D eigenvalue weighted by atomic mass is 16.5. The van der Waals surface area contributed by atoms with Crippen molar-refractivity contribution in [3.8, 4) is 0 Å². The fraction of sp³-hybridized carbons (Fsp3) is 1.00. The van der Waals surface area contributed by atoms with Crippen LogP contribution in [0.15, 0.2) is 0 Å². The molecule has 2 nitrogen and oxygen atoms in total. The van der Waals surface area contributed by atoms with Crippen LogP contribution in [0.5, 0.6) is 0 Å². The molecule has 0 aliphatic heterocycles. The fourth-order valence-electron chi connectivity index (χ4n) is 4.02. The van der Waals surface area contributed by atoms with Gasteiger partial charge in [0, 0.05) is 12.6 Å². The zero-order chi connectivity index (χ0) is 14.4. The maximum absolute atomic E-state index is 6.76. The second kappa shape index (κ2) is 7.79. The summed E-state index contributed by atoms with van der Waals surface area (Å²) < 4.78 is 6.76. The van der Waals surface area contributed by atoms with Crippen LogP contribution in [0.3, 0.4) is 0 Å². The monoisotopic (exact) mass is 281 g/mol. The third kappa shape index (κ3) is 5.04. The van der Waals surface area contributed by atoms with Gasteiger partial charge in [-0.2, -0.15) is 0 Å². The molecule has 2 heteroatoms. The number of ether oxygens (including phenoxy) is 1. The maximum atomic E-state index is 6.76. The van der Waals surface area contributed by atoms with E-state index in [0.717, 1.165) is 12.5 Å². The van der Waals surface area contributed by atoms with E-state index in [-0.39, 0.29) is 5.60 Å². The molecule has 2 rings (SSSR count). The Hall–Kier alpha value is -0.0800. The molecule has 0 saturated heterocycles. The molecule has 0 heterocycles. The van der Waals surface area contributed by atoms with Gasteiger partial charge in [-0.05, 0) is 31.6 Å². The van der Waals surface area contributed by atoms with E-state index >= 15 is 0 Å². The Morgan fingerprint density at radius 1 is 1.05 bits per heavy atom. The van der Waals surface area contributed by atoms with Crippen molar-refractivity contribution in [3.05, 3.63) is 0 Å². The van der Waals surface area contributed by atoms with Crippen LogP contribution in [0.1, 0.15) is 85.0 Å². The minimum absolute atomic E-state index is 0.122. The number of hydrogen-bond acceptors (Lipinski definition) is 2. The Morgan fingerprint density at radius 3 is 2.35 bits per heavy atom. The molecule has 0 aromatic heterocycles. The van der Waals surface area contributed by atoms with Gasteiger partial charge in [-0.1, -0.05) is 59.3 Å². The van der Waals surface area contributed by atoms with Gasteiger partial charge in [-0.15, -0.1) is 0 Å². The first-order valence-corrected chi connectivity index (χ1v) is 9.01. The summed E-state index contributed by atoms with van der Waals surface area (Å²) in [6.07, 6.45) is 13.9. The van der Waals surface area contributed by atoms with Gasteiger partial charge >= 0.3 is 0 Å². The van der Waals surface area contributed by atoms with Crippen molar-refractivity contribution in [2.45, 2.75) is 103 Å². The zero-order valence-corrected chi connectivity index (χ0v) is 13.9. The molecule has 118 valence electrons. The summed E-state index contributed by atoms with van der Waals surface area (Å²) in [6.45, 7) is 7.93. The first kappa shape index (κ1) is 16.3. The number of hydrogen-bond donors (Lipinski definition) is 1. The Bertz CT molecular complexity index is 271. The predicted octanol–water partition coefficient (Wildman–Crippen LogP) is 4.67. The summed E-state index contributed by atoms with van der Waals surface area (Å²) in [4.78, 5) is 0. The second-order valence-corrected chi connectivity index (χ2v) is 7.65. The average molecular weight is 281 g/mol. The molecule has 2 aliphatic carbocycles. The van der Waals surface area contributed by atoms with E-state index in [2.05, 4.69) is 26.1 Å². The lowest BCUT2D eigenvalue weighted by molar-refractivity contribution is -0.124. The minimum Gasteiger partial charge on any atom is -0.370 e. The molecule has 2 saturated carbocycles. The topological polar surface area (TPSA) is 21.3 Å². The minimum atomic E-state index is 0.122. The molecule has 2 unspecified atom stereocenters. The van der Waals surface area contributed by atoms with Gasteiger partial charge < -0.3 is 10.1 Å². The van der Waals surface area contributed by atoms with E-state index in [1.807, 2.05) is 0 Å². The van der Waals surface area contributed by atoms with Crippen LogP contribution in [-0.4, -0.2) is 24.3 Å². The number of nitrogens with one attached hydrogen (secondary N) is 1. The van der Waals surface area contributed by atoms with Crippen LogP contribution < -0.4 is 5.32 Å². The Morgan fingerprint density at radius 2 is 1.75 bits per heavy atom. The summed E-state index contributed by atoms with van der Waals surface area (Å²) in [6, 6.07) is 0.557. The fourth-order valence-corrected chi connectivity index (χ4v) is 4.02. The average Bonchev–Trinajstić information content (AvgIpc) is 2.65. The van der Waals surface area contributed by atoms with E-state index < -0.39 is 0 Å². The summed E-state index contributed by atoms with van der Waals surface area (Å²) in [5.74, 6) is 0.823. The third-order valence-corrected chi connectivity index (χ3v) is 5.10. The van der Waals surface area contributed by atoms with Crippen molar-refractivity contribution in [2.24, 2.45) is 5.92 Å². The molecule has 2 fully saturated rings. The second-order valence-electron chi connectivity index (χ2n) is 7.65. The van der Waals surface area contributed by atoms with E-state index in [9.17, 15) is 0 Å². The van der Waals surface area contributed by atoms with E-state index in [4.69, 9.17) is 4.74 Å². The first-order valence-electron chi connectivity index (χ1n) is 9.01. The molecule has 0 spiro atoms. The standard InChI is InChI=1S/C18H35NO/c1-15(2)19-14-18(12-8-9-16(3)13-18)20-17-10-6-4-5-7-11-17/h15-17,19H,4-14H2,1-3H3. The van der Waals surface area contributed by atoms with Crippen LogP contribution in [0.4, 0.5) is 0 Å². The molecule has 2 aliphatic rings. The SMILES string of the molecule is CC1CCCC(CNC(C)C)(OC2CCCCCC2)C1. The molecule has 0 radical (unpaired) electrons. The van der Waals surface area contributed by atoms with E-state index in [0.29, 0.717) is 12.1 Å². The lowest BCUT2D eigenvalue weighted by atomic mass is 9.78. The van der Waals surface area contributed by atoms with Crippen molar-refractivity contribution in [1.82, 2.24) is 5.32 Å². The van der Waals surface area contributed by atoms with Gasteiger partial charge in [0.2, 0.25) is 0 Å². The van der Waals surface area contributed by atoms with Gasteiger partial charge in [-0.3, -0.25) is 0 Å². The van der Waals surface area contributed by atoms with E-state index in [1.54, 1.807) is 0 Å². The molecule has 20 heavy (non-hydrogen) atoms. The maximum Gasteiger partial charge on any atom is 0.0812 e. The molecule has 0 aromatic carbocycles. The molecular weight excluding hydrogens is 246 g/mol. The van der Waals surface area contributed by atoms with Crippen molar-refractivity contribution >= 4 is 0 Å². The summed E-state index contributed by atoms with van der Waals surface area (Å²) in [5.41, 5.74) is 0.122. The van der Waals surface area contributed by atoms with Crippen molar-refractivity contribution < 1.29 is 4.74 Å². The highest BCUT2D eigenvalue weighted by Crippen LogP contribution is 2.37. The van der Waals surface area contributed by atoms with Crippen molar-refractivity contribution in [3.63, 3.8) is 0 Å². The van der Waals surface area contributed by atoms with Gasteiger partial charge in [0.1, 0.15) is 0 Å². The molecule has 0 bridgehead atoms. The van der Waals surface area contributed by atoms with Gasteiger partial charge in [0.15, 0.2) is 0 Å². The normalized spacial score (nSPS) is 33.3. The quantitative estimate of drug-likeness (QED) is 0.739. The number of rotatable bonds is 5. The van der Waals surface area contributed by atoms with E-state index in [1.165, 1.54) is 64.2 Å². The zero-order valence-electron chi connectivity index (χ0n) is 13.9. The highest BCUT2D eigenvalue weighted by molar-refractivity contribution is 4.91.